The SMILES string of the molecule is CC[C@@H]1C(=O)N(c2ccc3c(cnn3-c3ccc(F)cc3)c2)[C@@H](c2ccccc2)[C@@H]1C1(C(N)=O)CC1. The second kappa shape index (κ2) is 8.29. The summed E-state index contributed by atoms with van der Waals surface area (Å²) in [5.74, 6) is -1.07. The quantitative estimate of drug-likeness (QED) is 0.412. The van der Waals surface area contributed by atoms with Crippen molar-refractivity contribution in [2.75, 3.05) is 4.90 Å². The fraction of sp³-hybridized carbons (Fsp3) is 0.276. The Morgan fingerprint density at radius 3 is 2.39 bits per heavy atom. The molecule has 2 heterocycles. The van der Waals surface area contributed by atoms with Crippen LogP contribution in [0.25, 0.3) is 16.6 Å². The molecule has 2 fully saturated rings. The average Bonchev–Trinajstić information content (AvgIpc) is 3.51. The number of fused-ring (bicyclic) bond motifs is 1. The van der Waals surface area contributed by atoms with Crippen molar-refractivity contribution >= 4 is 28.4 Å². The van der Waals surface area contributed by atoms with Crippen molar-refractivity contribution in [1.29, 1.82) is 0 Å². The minimum atomic E-state index is -0.650. The number of carbonyl (C=O) groups excluding carboxylic acids is 2. The first kappa shape index (κ1) is 22.5. The van der Waals surface area contributed by atoms with E-state index in [0.29, 0.717) is 6.42 Å². The van der Waals surface area contributed by atoms with Crippen LogP contribution in [0.3, 0.4) is 0 Å². The van der Waals surface area contributed by atoms with Crippen molar-refractivity contribution in [3.8, 4) is 5.69 Å². The molecule has 1 aliphatic carbocycles. The van der Waals surface area contributed by atoms with Crippen molar-refractivity contribution in [2.45, 2.75) is 32.2 Å². The molecule has 2 N–H and O–H groups in total. The number of amides is 2. The predicted molar refractivity (Wildman–Crippen MR) is 136 cm³/mol. The van der Waals surface area contributed by atoms with Crippen LogP contribution < -0.4 is 10.6 Å². The molecule has 3 atom stereocenters. The van der Waals surface area contributed by atoms with Gasteiger partial charge in [0, 0.05) is 22.9 Å². The van der Waals surface area contributed by atoms with Crippen LogP contribution >= 0.6 is 0 Å². The fourth-order valence-corrected chi connectivity index (χ4v) is 6.10. The second-order valence-electron chi connectivity index (χ2n) is 9.90. The predicted octanol–water partition coefficient (Wildman–Crippen LogP) is 5.16. The summed E-state index contributed by atoms with van der Waals surface area (Å²) < 4.78 is 15.2. The lowest BCUT2D eigenvalue weighted by Crippen LogP contribution is -2.37. The number of halogens is 1. The van der Waals surface area contributed by atoms with E-state index in [9.17, 15) is 14.0 Å². The molecule has 182 valence electrons. The summed E-state index contributed by atoms with van der Waals surface area (Å²) in [4.78, 5) is 28.5. The van der Waals surface area contributed by atoms with Gasteiger partial charge in [-0.2, -0.15) is 5.10 Å². The van der Waals surface area contributed by atoms with Gasteiger partial charge in [0.2, 0.25) is 11.8 Å². The third kappa shape index (κ3) is 3.33. The summed E-state index contributed by atoms with van der Waals surface area (Å²) in [5.41, 5.74) is 8.66. The number of aromatic nitrogens is 2. The number of benzene rings is 3. The molecule has 1 saturated heterocycles. The third-order valence-electron chi connectivity index (χ3n) is 8.01. The number of hydrogen-bond acceptors (Lipinski definition) is 3. The van der Waals surface area contributed by atoms with Gasteiger partial charge in [0.15, 0.2) is 0 Å². The normalized spacial score (nSPS) is 22.8. The van der Waals surface area contributed by atoms with E-state index in [4.69, 9.17) is 5.73 Å². The lowest BCUT2D eigenvalue weighted by molar-refractivity contribution is -0.127. The smallest absolute Gasteiger partial charge is 0.231 e. The Labute approximate surface area is 208 Å². The average molecular weight is 483 g/mol. The molecule has 6 rings (SSSR count). The van der Waals surface area contributed by atoms with Gasteiger partial charge in [-0.05, 0) is 67.3 Å². The molecule has 0 spiro atoms. The molecule has 1 aliphatic heterocycles. The third-order valence-corrected chi connectivity index (χ3v) is 8.01. The topological polar surface area (TPSA) is 81.2 Å². The number of anilines is 1. The van der Waals surface area contributed by atoms with E-state index in [2.05, 4.69) is 5.10 Å². The molecule has 4 aromatic rings. The Kier molecular flexibility index (Phi) is 5.18. The summed E-state index contributed by atoms with van der Waals surface area (Å²) in [6.45, 7) is 2.01. The molecule has 6 nitrogen and oxygen atoms in total. The highest BCUT2D eigenvalue weighted by Gasteiger charge is 2.64. The largest absolute Gasteiger partial charge is 0.369 e. The fourth-order valence-electron chi connectivity index (χ4n) is 6.10. The Morgan fingerprint density at radius 2 is 1.75 bits per heavy atom. The van der Waals surface area contributed by atoms with E-state index in [-0.39, 0.29) is 35.5 Å². The van der Waals surface area contributed by atoms with Gasteiger partial charge < -0.3 is 10.6 Å². The summed E-state index contributed by atoms with van der Waals surface area (Å²) in [6.07, 6.45) is 3.83. The Bertz CT molecular complexity index is 1460. The van der Waals surface area contributed by atoms with E-state index in [1.54, 1.807) is 23.0 Å². The minimum Gasteiger partial charge on any atom is -0.369 e. The van der Waals surface area contributed by atoms with E-state index >= 15 is 0 Å². The Hall–Kier alpha value is -4.00. The minimum absolute atomic E-state index is 0.0224. The molecule has 0 unspecified atom stereocenters. The number of carbonyl (C=O) groups is 2. The first-order valence-corrected chi connectivity index (χ1v) is 12.4. The monoisotopic (exact) mass is 482 g/mol. The van der Waals surface area contributed by atoms with E-state index < -0.39 is 5.41 Å². The Morgan fingerprint density at radius 1 is 1.06 bits per heavy atom. The maximum absolute atomic E-state index is 13.9. The lowest BCUT2D eigenvalue weighted by Gasteiger charge is -2.33. The van der Waals surface area contributed by atoms with Crippen molar-refractivity contribution in [3.05, 3.63) is 90.4 Å². The van der Waals surface area contributed by atoms with E-state index in [0.717, 1.165) is 40.7 Å². The van der Waals surface area contributed by atoms with Crippen molar-refractivity contribution in [3.63, 3.8) is 0 Å². The maximum atomic E-state index is 13.9. The molecular formula is C29H27FN4O2. The van der Waals surface area contributed by atoms with Gasteiger partial charge >= 0.3 is 0 Å². The van der Waals surface area contributed by atoms with Gasteiger partial charge in [-0.15, -0.1) is 0 Å². The molecule has 2 amide bonds. The van der Waals surface area contributed by atoms with Crippen LogP contribution in [0.15, 0.2) is 79.0 Å². The van der Waals surface area contributed by atoms with Crippen LogP contribution in [-0.4, -0.2) is 21.6 Å². The highest BCUT2D eigenvalue weighted by Crippen LogP contribution is 2.63. The first-order valence-electron chi connectivity index (χ1n) is 12.4. The summed E-state index contributed by atoms with van der Waals surface area (Å²) in [6, 6.07) is 21.7. The molecule has 0 bridgehead atoms. The van der Waals surface area contributed by atoms with Crippen molar-refractivity contribution in [2.24, 2.45) is 23.0 Å². The van der Waals surface area contributed by atoms with Gasteiger partial charge in [-0.1, -0.05) is 37.3 Å². The van der Waals surface area contributed by atoms with Crippen molar-refractivity contribution < 1.29 is 14.0 Å². The van der Waals surface area contributed by atoms with Crippen LogP contribution in [0.4, 0.5) is 10.1 Å². The van der Waals surface area contributed by atoms with E-state index in [1.807, 2.05) is 60.4 Å². The molecule has 36 heavy (non-hydrogen) atoms. The Balaban J connectivity index is 1.47. The molecule has 0 radical (unpaired) electrons. The van der Waals surface area contributed by atoms with Gasteiger partial charge in [-0.25, -0.2) is 9.07 Å². The van der Waals surface area contributed by atoms with Crippen molar-refractivity contribution in [1.82, 2.24) is 9.78 Å². The lowest BCUT2D eigenvalue weighted by atomic mass is 9.73. The zero-order valence-electron chi connectivity index (χ0n) is 20.0. The molecule has 2 aliphatic rings. The van der Waals surface area contributed by atoms with Gasteiger partial charge in [-0.3, -0.25) is 9.59 Å². The number of hydrogen-bond donors (Lipinski definition) is 1. The highest BCUT2D eigenvalue weighted by atomic mass is 19.1. The van der Waals surface area contributed by atoms with Crippen LogP contribution in [0.2, 0.25) is 0 Å². The molecule has 1 saturated carbocycles. The number of rotatable bonds is 6. The van der Waals surface area contributed by atoms with Gasteiger partial charge in [0.1, 0.15) is 5.82 Å². The zero-order chi connectivity index (χ0) is 25.0. The number of nitrogens with two attached hydrogens (primary N) is 1. The van der Waals surface area contributed by atoms with Crippen LogP contribution in [0.5, 0.6) is 0 Å². The number of nitrogens with zero attached hydrogens (tertiary/aromatic N) is 3. The second-order valence-corrected chi connectivity index (χ2v) is 9.90. The summed E-state index contributed by atoms with van der Waals surface area (Å²) in [5, 5.41) is 5.37. The zero-order valence-corrected chi connectivity index (χ0v) is 20.0. The van der Waals surface area contributed by atoms with E-state index in [1.165, 1.54) is 12.1 Å². The maximum Gasteiger partial charge on any atom is 0.231 e. The van der Waals surface area contributed by atoms with Gasteiger partial charge in [0.25, 0.3) is 0 Å². The molecule has 7 heteroatoms. The van der Waals surface area contributed by atoms with Crippen LogP contribution in [-0.2, 0) is 9.59 Å². The van der Waals surface area contributed by atoms with Gasteiger partial charge in [0.05, 0.1) is 28.9 Å². The van der Waals surface area contributed by atoms with Crippen LogP contribution in [0, 0.1) is 23.1 Å². The first-order chi connectivity index (χ1) is 17.4. The summed E-state index contributed by atoms with van der Waals surface area (Å²) in [7, 11) is 0. The molecule has 1 aromatic heterocycles. The molecule has 3 aromatic carbocycles. The number of primary amides is 1. The highest BCUT2D eigenvalue weighted by molar-refractivity contribution is 6.01. The standard InChI is InChI=1S/C29H27FN4O2/c1-2-23-25(29(14-15-29)28(31)36)26(18-6-4-3-5-7-18)33(27(23)35)22-12-13-24-19(16-22)17-32-34(24)21-10-8-20(30)9-11-21/h3-13,16-17,23,25-26H,2,14-15H2,1H3,(H2,31,36)/t23-,25+,26-/m0/s1. The molecular weight excluding hydrogens is 455 g/mol. The van der Waals surface area contributed by atoms with Crippen LogP contribution in [0.1, 0.15) is 37.8 Å². The summed E-state index contributed by atoms with van der Waals surface area (Å²) >= 11 is 0.